The van der Waals surface area contributed by atoms with Gasteiger partial charge in [0.05, 0.1) is 0 Å². The van der Waals surface area contributed by atoms with Crippen LogP contribution in [0.3, 0.4) is 0 Å². The highest BCUT2D eigenvalue weighted by Crippen LogP contribution is 2.38. The first-order chi connectivity index (χ1) is 12.1. The van der Waals surface area contributed by atoms with Crippen LogP contribution in [-0.4, -0.2) is 29.4 Å². The van der Waals surface area contributed by atoms with E-state index >= 15 is 0 Å². The Morgan fingerprint density at radius 3 is 2.48 bits per heavy atom. The van der Waals surface area contributed by atoms with Gasteiger partial charge in [-0.2, -0.15) is 0 Å². The van der Waals surface area contributed by atoms with Gasteiger partial charge in [-0.25, -0.2) is 4.79 Å². The number of carbonyl (C=O) groups is 1. The molecule has 1 aliphatic carbocycles. The highest BCUT2D eigenvalue weighted by molar-refractivity contribution is 5.90. The van der Waals surface area contributed by atoms with E-state index in [1.807, 2.05) is 18.2 Å². The summed E-state index contributed by atoms with van der Waals surface area (Å²) in [5.74, 6) is 0.420. The van der Waals surface area contributed by atoms with Crippen molar-refractivity contribution >= 4 is 5.97 Å². The third-order valence-electron chi connectivity index (χ3n) is 4.52. The Bertz CT molecular complexity index is 735. The van der Waals surface area contributed by atoms with Crippen LogP contribution in [0.5, 0.6) is 17.2 Å². The molecule has 25 heavy (non-hydrogen) atoms. The molecular formula is C20H22O5. The van der Waals surface area contributed by atoms with Crippen LogP contribution in [-0.2, 0) is 0 Å². The lowest BCUT2D eigenvalue weighted by Crippen LogP contribution is -2.10. The standard InChI is InChI=1S/C20H22O5/c21-18-13-15(9-10-17(18)20(22)23)24-11-12-25-19-8-4-3-7-16(19)14-5-1-2-6-14/h3-4,7-10,13-14,21H,1-2,5-6,11-12H2,(H,22,23). The maximum atomic E-state index is 10.9. The molecule has 3 rings (SSSR count). The number of ether oxygens (including phenoxy) is 2. The third-order valence-corrected chi connectivity index (χ3v) is 4.52. The SMILES string of the molecule is O=C(O)c1ccc(OCCOc2ccccc2C2CCCC2)cc1O. The molecule has 2 aromatic carbocycles. The lowest BCUT2D eigenvalue weighted by molar-refractivity contribution is 0.0693. The van der Waals surface area contributed by atoms with Crippen molar-refractivity contribution in [3.63, 3.8) is 0 Å². The number of phenols is 1. The minimum Gasteiger partial charge on any atom is -0.507 e. The molecule has 0 aliphatic heterocycles. The molecule has 1 fully saturated rings. The molecule has 0 atom stereocenters. The summed E-state index contributed by atoms with van der Waals surface area (Å²) in [4.78, 5) is 10.9. The van der Waals surface area contributed by atoms with Gasteiger partial charge in [0, 0.05) is 6.07 Å². The minimum atomic E-state index is -1.17. The lowest BCUT2D eigenvalue weighted by Gasteiger charge is -2.16. The molecule has 0 unspecified atom stereocenters. The van der Waals surface area contributed by atoms with Crippen molar-refractivity contribution in [3.8, 4) is 17.2 Å². The maximum Gasteiger partial charge on any atom is 0.339 e. The van der Waals surface area contributed by atoms with Crippen molar-refractivity contribution in [1.29, 1.82) is 0 Å². The van der Waals surface area contributed by atoms with Crippen LogP contribution in [0.2, 0.25) is 0 Å². The van der Waals surface area contributed by atoms with Crippen molar-refractivity contribution < 1.29 is 24.5 Å². The predicted octanol–water partition coefficient (Wildman–Crippen LogP) is 4.21. The molecule has 5 nitrogen and oxygen atoms in total. The molecule has 0 spiro atoms. The number of benzene rings is 2. The van der Waals surface area contributed by atoms with Gasteiger partial charge >= 0.3 is 5.97 Å². The third kappa shape index (κ3) is 4.24. The monoisotopic (exact) mass is 342 g/mol. The molecule has 2 N–H and O–H groups in total. The average molecular weight is 342 g/mol. The molecule has 0 bridgehead atoms. The van der Waals surface area contributed by atoms with E-state index in [4.69, 9.17) is 14.6 Å². The lowest BCUT2D eigenvalue weighted by atomic mass is 9.97. The molecule has 1 saturated carbocycles. The van der Waals surface area contributed by atoms with Gasteiger partial charge in [0.1, 0.15) is 36.0 Å². The number of hydrogen-bond donors (Lipinski definition) is 2. The smallest absolute Gasteiger partial charge is 0.339 e. The van der Waals surface area contributed by atoms with Gasteiger partial charge < -0.3 is 19.7 Å². The van der Waals surface area contributed by atoms with E-state index in [1.165, 1.54) is 49.4 Å². The quantitative estimate of drug-likeness (QED) is 0.737. The van der Waals surface area contributed by atoms with Crippen molar-refractivity contribution in [2.45, 2.75) is 31.6 Å². The molecule has 0 saturated heterocycles. The second-order valence-electron chi connectivity index (χ2n) is 6.20. The maximum absolute atomic E-state index is 10.9. The average Bonchev–Trinajstić information content (AvgIpc) is 3.13. The zero-order valence-electron chi connectivity index (χ0n) is 14.0. The van der Waals surface area contributed by atoms with Gasteiger partial charge in [0.15, 0.2) is 0 Å². The van der Waals surface area contributed by atoms with Crippen LogP contribution >= 0.6 is 0 Å². The van der Waals surface area contributed by atoms with E-state index in [0.717, 1.165) is 5.75 Å². The summed E-state index contributed by atoms with van der Waals surface area (Å²) in [5.41, 5.74) is 1.12. The summed E-state index contributed by atoms with van der Waals surface area (Å²) in [6.45, 7) is 0.691. The molecule has 0 aromatic heterocycles. The predicted molar refractivity (Wildman–Crippen MR) is 93.7 cm³/mol. The summed E-state index contributed by atoms with van der Waals surface area (Å²) in [5, 5.41) is 18.6. The fourth-order valence-corrected chi connectivity index (χ4v) is 3.28. The van der Waals surface area contributed by atoms with Crippen LogP contribution in [0, 0.1) is 0 Å². The molecule has 0 heterocycles. The first-order valence-electron chi connectivity index (χ1n) is 8.56. The molecule has 5 heteroatoms. The summed E-state index contributed by atoms with van der Waals surface area (Å²) in [6.07, 6.45) is 4.98. The largest absolute Gasteiger partial charge is 0.507 e. The fraction of sp³-hybridized carbons (Fsp3) is 0.350. The van der Waals surface area contributed by atoms with Crippen LogP contribution in [0.4, 0.5) is 0 Å². The van der Waals surface area contributed by atoms with E-state index in [9.17, 15) is 9.90 Å². The highest BCUT2D eigenvalue weighted by atomic mass is 16.5. The van der Waals surface area contributed by atoms with Crippen molar-refractivity contribution in [2.24, 2.45) is 0 Å². The van der Waals surface area contributed by atoms with Gasteiger partial charge in [0.2, 0.25) is 0 Å². The Kier molecular flexibility index (Phi) is 5.43. The number of carboxylic acids is 1. The molecule has 1 aliphatic rings. The topological polar surface area (TPSA) is 76.0 Å². The second kappa shape index (κ2) is 7.92. The van der Waals surface area contributed by atoms with Crippen molar-refractivity contribution in [3.05, 3.63) is 53.6 Å². The number of aromatic hydroxyl groups is 1. The second-order valence-corrected chi connectivity index (χ2v) is 6.20. The van der Waals surface area contributed by atoms with Gasteiger partial charge in [-0.15, -0.1) is 0 Å². The molecular weight excluding hydrogens is 320 g/mol. The Balaban J connectivity index is 1.54. The van der Waals surface area contributed by atoms with E-state index < -0.39 is 5.97 Å². The van der Waals surface area contributed by atoms with Crippen LogP contribution in [0.25, 0.3) is 0 Å². The summed E-state index contributed by atoms with van der Waals surface area (Å²) < 4.78 is 11.4. The van der Waals surface area contributed by atoms with Crippen molar-refractivity contribution in [2.75, 3.05) is 13.2 Å². The Labute approximate surface area is 146 Å². The normalized spacial score (nSPS) is 14.4. The summed E-state index contributed by atoms with van der Waals surface area (Å²) in [6, 6.07) is 12.3. The first-order valence-corrected chi connectivity index (χ1v) is 8.56. The Morgan fingerprint density at radius 2 is 1.76 bits per heavy atom. The van der Waals surface area contributed by atoms with Crippen molar-refractivity contribution in [1.82, 2.24) is 0 Å². The van der Waals surface area contributed by atoms with Gasteiger partial charge in [0.25, 0.3) is 0 Å². The van der Waals surface area contributed by atoms with Gasteiger partial charge in [-0.1, -0.05) is 31.0 Å². The molecule has 2 aromatic rings. The van der Waals surface area contributed by atoms with E-state index in [-0.39, 0.29) is 11.3 Å². The highest BCUT2D eigenvalue weighted by Gasteiger charge is 2.20. The molecule has 0 amide bonds. The Morgan fingerprint density at radius 1 is 1.04 bits per heavy atom. The number of rotatable bonds is 7. The summed E-state index contributed by atoms with van der Waals surface area (Å²) in [7, 11) is 0. The number of carboxylic acid groups (broad SMARTS) is 1. The minimum absolute atomic E-state index is 0.144. The molecule has 0 radical (unpaired) electrons. The van der Waals surface area contributed by atoms with Crippen LogP contribution in [0.15, 0.2) is 42.5 Å². The Hall–Kier alpha value is -2.69. The summed E-state index contributed by atoms with van der Waals surface area (Å²) >= 11 is 0. The molecule has 132 valence electrons. The first kappa shape index (κ1) is 17.1. The van der Waals surface area contributed by atoms with Crippen LogP contribution in [0.1, 0.15) is 47.5 Å². The van der Waals surface area contributed by atoms with Gasteiger partial charge in [-0.3, -0.25) is 0 Å². The fourth-order valence-electron chi connectivity index (χ4n) is 3.28. The van der Waals surface area contributed by atoms with Crippen LogP contribution < -0.4 is 9.47 Å². The van der Waals surface area contributed by atoms with E-state index in [2.05, 4.69) is 6.07 Å². The number of aromatic carboxylic acids is 1. The van der Waals surface area contributed by atoms with Gasteiger partial charge in [-0.05, 0) is 42.5 Å². The number of hydrogen-bond acceptors (Lipinski definition) is 4. The zero-order valence-corrected chi connectivity index (χ0v) is 14.0. The number of para-hydroxylation sites is 1. The van der Waals surface area contributed by atoms with E-state index in [0.29, 0.717) is 24.9 Å². The van der Waals surface area contributed by atoms with E-state index in [1.54, 1.807) is 0 Å². The zero-order chi connectivity index (χ0) is 17.6.